The Balaban J connectivity index is 2.27. The molecule has 5 heteroatoms. The van der Waals surface area contributed by atoms with Gasteiger partial charge in [0.2, 0.25) is 0 Å². The van der Waals surface area contributed by atoms with Gasteiger partial charge in [-0.15, -0.1) is 0 Å². The first kappa shape index (κ1) is 16.4. The van der Waals surface area contributed by atoms with E-state index in [1.165, 1.54) is 0 Å². The number of hydrogen-bond donors (Lipinski definition) is 2. The Bertz CT molecular complexity index is 268. The minimum Gasteiger partial charge on any atom is -0.480 e. The molecule has 1 aliphatic rings. The summed E-state index contributed by atoms with van der Waals surface area (Å²) >= 11 is 0. The van der Waals surface area contributed by atoms with Gasteiger partial charge in [-0.3, -0.25) is 10.1 Å². The van der Waals surface area contributed by atoms with E-state index in [9.17, 15) is 9.90 Å². The Kier molecular flexibility index (Phi) is 7.34. The molecule has 0 aliphatic heterocycles. The second-order valence-corrected chi connectivity index (χ2v) is 5.10. The number of carboxylic acids is 1. The second-order valence-electron chi connectivity index (χ2n) is 5.10. The molecule has 2 N–H and O–H groups in total. The smallest absolute Gasteiger partial charge is 0.326 e. The van der Waals surface area contributed by atoms with Crippen LogP contribution in [0, 0.1) is 5.92 Å². The van der Waals surface area contributed by atoms with Gasteiger partial charge in [0.05, 0.1) is 19.8 Å². The molecule has 1 atom stereocenters. The van der Waals surface area contributed by atoms with Gasteiger partial charge in [-0.1, -0.05) is 20.3 Å². The maximum atomic E-state index is 11.5. The van der Waals surface area contributed by atoms with Crippen LogP contribution >= 0.6 is 0 Å². The van der Waals surface area contributed by atoms with Gasteiger partial charge in [-0.25, -0.2) is 0 Å². The largest absolute Gasteiger partial charge is 0.480 e. The molecule has 5 nitrogen and oxygen atoms in total. The average molecular weight is 273 g/mol. The molecule has 1 saturated carbocycles. The third-order valence-electron chi connectivity index (χ3n) is 3.49. The fourth-order valence-electron chi connectivity index (χ4n) is 2.22. The van der Waals surface area contributed by atoms with Crippen LogP contribution < -0.4 is 5.32 Å². The van der Waals surface area contributed by atoms with Crippen molar-refractivity contribution in [2.45, 2.75) is 45.1 Å². The van der Waals surface area contributed by atoms with Crippen LogP contribution in [-0.4, -0.2) is 49.6 Å². The first-order chi connectivity index (χ1) is 9.17. The predicted molar refractivity (Wildman–Crippen MR) is 73.3 cm³/mol. The summed E-state index contributed by atoms with van der Waals surface area (Å²) in [4.78, 5) is 11.5. The van der Waals surface area contributed by atoms with Crippen molar-refractivity contribution in [3.63, 3.8) is 0 Å². The minimum atomic E-state index is -0.905. The van der Waals surface area contributed by atoms with Gasteiger partial charge >= 0.3 is 5.97 Å². The Morgan fingerprint density at radius 3 is 2.47 bits per heavy atom. The number of aliphatic carboxylic acids is 1. The van der Waals surface area contributed by atoms with Crippen LogP contribution in [0.4, 0.5) is 0 Å². The van der Waals surface area contributed by atoms with Crippen molar-refractivity contribution in [3.8, 4) is 0 Å². The van der Waals surface area contributed by atoms with Crippen LogP contribution in [0.1, 0.15) is 39.5 Å². The van der Waals surface area contributed by atoms with Crippen molar-refractivity contribution in [1.29, 1.82) is 0 Å². The van der Waals surface area contributed by atoms with E-state index in [0.717, 1.165) is 32.3 Å². The van der Waals surface area contributed by atoms with Crippen LogP contribution in [0.15, 0.2) is 0 Å². The van der Waals surface area contributed by atoms with Gasteiger partial charge in [-0.05, 0) is 31.7 Å². The molecule has 19 heavy (non-hydrogen) atoms. The fraction of sp³-hybridized carbons (Fsp3) is 0.929. The van der Waals surface area contributed by atoms with Crippen molar-refractivity contribution in [1.82, 2.24) is 5.32 Å². The summed E-state index contributed by atoms with van der Waals surface area (Å²) in [5, 5.41) is 12.6. The number of rotatable bonds is 12. The lowest BCUT2D eigenvalue weighted by molar-refractivity contribution is -0.149. The standard InChI is InChI=1S/C14H27NO4/c1-3-5-8-18-9-10-19-11-14(13(16)17,15-4-2)12-6-7-12/h12,15H,3-11H2,1-2H3,(H,16,17). The topological polar surface area (TPSA) is 67.8 Å². The van der Waals surface area contributed by atoms with E-state index >= 15 is 0 Å². The molecule has 0 bridgehead atoms. The number of ether oxygens (including phenoxy) is 2. The average Bonchev–Trinajstić information content (AvgIpc) is 3.20. The lowest BCUT2D eigenvalue weighted by Gasteiger charge is -2.30. The molecule has 112 valence electrons. The van der Waals surface area contributed by atoms with Crippen LogP contribution in [0.25, 0.3) is 0 Å². The number of carbonyl (C=O) groups is 1. The number of unbranched alkanes of at least 4 members (excludes halogenated alkanes) is 1. The van der Waals surface area contributed by atoms with Crippen LogP contribution in [-0.2, 0) is 14.3 Å². The lowest BCUT2D eigenvalue weighted by Crippen LogP contribution is -2.57. The molecular weight excluding hydrogens is 246 g/mol. The zero-order valence-electron chi connectivity index (χ0n) is 12.1. The van der Waals surface area contributed by atoms with Crippen molar-refractivity contribution >= 4 is 5.97 Å². The number of likely N-dealkylation sites (N-methyl/N-ethyl adjacent to an activating group) is 1. The third-order valence-corrected chi connectivity index (χ3v) is 3.49. The first-order valence-electron chi connectivity index (χ1n) is 7.31. The van der Waals surface area contributed by atoms with Crippen molar-refractivity contribution in [3.05, 3.63) is 0 Å². The molecule has 1 fully saturated rings. The van der Waals surface area contributed by atoms with Gasteiger partial charge in [-0.2, -0.15) is 0 Å². The lowest BCUT2D eigenvalue weighted by atomic mass is 9.94. The van der Waals surface area contributed by atoms with Gasteiger partial charge in [0.15, 0.2) is 0 Å². The normalized spacial score (nSPS) is 18.2. The zero-order valence-corrected chi connectivity index (χ0v) is 12.1. The van der Waals surface area contributed by atoms with Gasteiger partial charge < -0.3 is 14.6 Å². The molecule has 1 aliphatic carbocycles. The van der Waals surface area contributed by atoms with E-state index < -0.39 is 11.5 Å². The summed E-state index contributed by atoms with van der Waals surface area (Å²) in [5.74, 6) is -0.602. The van der Waals surface area contributed by atoms with E-state index in [1.54, 1.807) is 0 Å². The Morgan fingerprint density at radius 2 is 1.95 bits per heavy atom. The van der Waals surface area contributed by atoms with Crippen molar-refractivity contribution in [2.24, 2.45) is 5.92 Å². The fourth-order valence-corrected chi connectivity index (χ4v) is 2.22. The quantitative estimate of drug-likeness (QED) is 0.529. The highest BCUT2D eigenvalue weighted by molar-refractivity contribution is 5.80. The zero-order chi connectivity index (χ0) is 14.1. The molecule has 1 rings (SSSR count). The summed E-state index contributed by atoms with van der Waals surface area (Å²) in [5.41, 5.74) is -0.905. The number of hydrogen-bond acceptors (Lipinski definition) is 4. The summed E-state index contributed by atoms with van der Waals surface area (Å²) in [6.07, 6.45) is 4.11. The molecular formula is C14H27NO4. The maximum Gasteiger partial charge on any atom is 0.326 e. The van der Waals surface area contributed by atoms with Crippen LogP contribution in [0.3, 0.4) is 0 Å². The summed E-state index contributed by atoms with van der Waals surface area (Å²) in [6.45, 7) is 6.64. The van der Waals surface area contributed by atoms with Gasteiger partial charge in [0, 0.05) is 6.61 Å². The number of carboxylic acid groups (broad SMARTS) is 1. The predicted octanol–water partition coefficient (Wildman–Crippen LogP) is 1.66. The maximum absolute atomic E-state index is 11.5. The summed E-state index contributed by atoms with van der Waals surface area (Å²) in [7, 11) is 0. The van der Waals surface area contributed by atoms with E-state index in [1.807, 2.05) is 6.92 Å². The first-order valence-corrected chi connectivity index (χ1v) is 7.31. The molecule has 0 heterocycles. The Hall–Kier alpha value is -0.650. The molecule has 0 radical (unpaired) electrons. The molecule has 0 saturated heterocycles. The summed E-state index contributed by atoms with van der Waals surface area (Å²) in [6, 6.07) is 0. The molecule has 0 amide bonds. The monoisotopic (exact) mass is 273 g/mol. The van der Waals surface area contributed by atoms with Gasteiger partial charge in [0.25, 0.3) is 0 Å². The minimum absolute atomic E-state index is 0.200. The molecule has 1 unspecified atom stereocenters. The van der Waals surface area contributed by atoms with E-state index in [0.29, 0.717) is 19.8 Å². The summed E-state index contributed by atoms with van der Waals surface area (Å²) < 4.78 is 10.9. The van der Waals surface area contributed by atoms with Gasteiger partial charge in [0.1, 0.15) is 5.54 Å². The molecule has 0 aromatic rings. The Morgan fingerprint density at radius 1 is 1.26 bits per heavy atom. The second kappa shape index (κ2) is 8.51. The van der Waals surface area contributed by atoms with Crippen LogP contribution in [0.5, 0.6) is 0 Å². The number of nitrogens with one attached hydrogen (secondary N) is 1. The molecule has 0 spiro atoms. The van der Waals surface area contributed by atoms with E-state index in [-0.39, 0.29) is 12.5 Å². The van der Waals surface area contributed by atoms with E-state index in [2.05, 4.69) is 12.2 Å². The SMILES string of the molecule is CCCCOCCOCC(NCC)(C(=O)O)C1CC1. The highest BCUT2D eigenvalue weighted by Gasteiger charge is 2.51. The van der Waals surface area contributed by atoms with Crippen molar-refractivity contribution < 1.29 is 19.4 Å². The molecule has 0 aromatic carbocycles. The highest BCUT2D eigenvalue weighted by atomic mass is 16.5. The highest BCUT2D eigenvalue weighted by Crippen LogP contribution is 2.40. The Labute approximate surface area is 115 Å². The third kappa shape index (κ3) is 5.09. The van der Waals surface area contributed by atoms with E-state index in [4.69, 9.17) is 9.47 Å². The van der Waals surface area contributed by atoms with Crippen LogP contribution in [0.2, 0.25) is 0 Å². The molecule has 0 aromatic heterocycles. The van der Waals surface area contributed by atoms with Crippen molar-refractivity contribution in [2.75, 3.05) is 33.0 Å².